The Kier molecular flexibility index (Phi) is 4.03. The van der Waals surface area contributed by atoms with Crippen molar-refractivity contribution < 1.29 is 9.18 Å². The normalized spacial score (nSPS) is 17.1. The fourth-order valence-corrected chi connectivity index (χ4v) is 3.03. The predicted molar refractivity (Wildman–Crippen MR) is 85.5 cm³/mol. The lowest BCUT2D eigenvalue weighted by Gasteiger charge is -2.38. The van der Waals surface area contributed by atoms with Crippen LogP contribution in [0.2, 0.25) is 5.02 Å². The Balaban J connectivity index is 2.12. The first-order chi connectivity index (χ1) is 10.6. The number of para-hydroxylation sites is 1. The van der Waals surface area contributed by atoms with E-state index in [-0.39, 0.29) is 5.91 Å². The van der Waals surface area contributed by atoms with E-state index in [9.17, 15) is 9.18 Å². The summed E-state index contributed by atoms with van der Waals surface area (Å²) in [5, 5.41) is 3.55. The molecule has 3 rings (SSSR count). The van der Waals surface area contributed by atoms with Gasteiger partial charge < -0.3 is 10.2 Å². The van der Waals surface area contributed by atoms with E-state index in [1.54, 1.807) is 23.1 Å². The minimum Gasteiger partial charge on any atom is -0.361 e. The Hall–Kier alpha value is -2.07. The molecule has 0 saturated carbocycles. The van der Waals surface area contributed by atoms with Gasteiger partial charge >= 0.3 is 0 Å². The number of benzene rings is 2. The van der Waals surface area contributed by atoms with Gasteiger partial charge in [0.25, 0.3) is 5.91 Å². The Morgan fingerprint density at radius 3 is 2.73 bits per heavy atom. The van der Waals surface area contributed by atoms with E-state index < -0.39 is 12.0 Å². The molecule has 1 heterocycles. The SMILES string of the molecule is CCCN1C(=O)c2ccccc2NC1c1c(F)cccc1Cl. The lowest BCUT2D eigenvalue weighted by molar-refractivity contribution is 0.0680. The first-order valence-electron chi connectivity index (χ1n) is 7.24. The Bertz CT molecular complexity index is 699. The van der Waals surface area contributed by atoms with E-state index in [2.05, 4.69) is 5.32 Å². The van der Waals surface area contributed by atoms with Gasteiger partial charge in [-0.2, -0.15) is 0 Å². The minimum atomic E-state index is -0.601. The number of anilines is 1. The van der Waals surface area contributed by atoms with E-state index in [4.69, 9.17) is 11.6 Å². The van der Waals surface area contributed by atoms with E-state index in [0.29, 0.717) is 28.4 Å². The van der Waals surface area contributed by atoms with Gasteiger partial charge in [-0.25, -0.2) is 4.39 Å². The number of nitrogens with zero attached hydrogens (tertiary/aromatic N) is 1. The van der Waals surface area contributed by atoms with Crippen LogP contribution in [-0.4, -0.2) is 17.4 Å². The Morgan fingerprint density at radius 1 is 1.23 bits per heavy atom. The van der Waals surface area contributed by atoms with Gasteiger partial charge in [0.15, 0.2) is 0 Å². The fraction of sp³-hybridized carbons (Fsp3) is 0.235. The topological polar surface area (TPSA) is 32.3 Å². The largest absolute Gasteiger partial charge is 0.361 e. The van der Waals surface area contributed by atoms with Gasteiger partial charge in [-0.15, -0.1) is 0 Å². The van der Waals surface area contributed by atoms with Crippen molar-refractivity contribution in [2.24, 2.45) is 0 Å². The van der Waals surface area contributed by atoms with Crippen molar-refractivity contribution in [3.05, 3.63) is 64.4 Å². The number of amides is 1. The van der Waals surface area contributed by atoms with Crippen LogP contribution >= 0.6 is 11.6 Å². The average Bonchev–Trinajstić information content (AvgIpc) is 2.51. The summed E-state index contributed by atoms with van der Waals surface area (Å²) >= 11 is 6.19. The standard InChI is InChI=1S/C17H16ClFN2O/c1-2-10-21-16(15-12(18)7-5-8-13(15)19)20-14-9-4-3-6-11(14)17(21)22/h3-9,16,20H,2,10H2,1H3. The number of fused-ring (bicyclic) bond motifs is 1. The van der Waals surface area contributed by atoms with Gasteiger partial charge in [0.05, 0.1) is 10.6 Å². The number of hydrogen-bond acceptors (Lipinski definition) is 2. The minimum absolute atomic E-state index is 0.111. The van der Waals surface area contributed by atoms with Crippen molar-refractivity contribution >= 4 is 23.2 Å². The molecule has 2 aromatic carbocycles. The second kappa shape index (κ2) is 5.97. The number of carbonyl (C=O) groups excluding carboxylic acids is 1. The quantitative estimate of drug-likeness (QED) is 0.906. The van der Waals surface area contributed by atoms with Gasteiger partial charge in [0, 0.05) is 17.8 Å². The fourth-order valence-electron chi connectivity index (χ4n) is 2.76. The van der Waals surface area contributed by atoms with Gasteiger partial charge in [0.1, 0.15) is 12.0 Å². The summed E-state index contributed by atoms with van der Waals surface area (Å²) in [7, 11) is 0. The van der Waals surface area contributed by atoms with Gasteiger partial charge in [-0.05, 0) is 30.7 Å². The molecule has 1 aliphatic rings. The van der Waals surface area contributed by atoms with Crippen LogP contribution in [0.5, 0.6) is 0 Å². The van der Waals surface area contributed by atoms with E-state index in [0.717, 1.165) is 6.42 Å². The molecule has 22 heavy (non-hydrogen) atoms. The highest BCUT2D eigenvalue weighted by Gasteiger charge is 2.34. The summed E-state index contributed by atoms with van der Waals surface area (Å²) in [6.07, 6.45) is 0.175. The van der Waals surface area contributed by atoms with Crippen LogP contribution in [0.3, 0.4) is 0 Å². The lowest BCUT2D eigenvalue weighted by atomic mass is 10.0. The molecule has 0 aromatic heterocycles. The van der Waals surface area contributed by atoms with E-state index in [1.807, 2.05) is 25.1 Å². The molecule has 0 saturated heterocycles. The number of rotatable bonds is 3. The van der Waals surface area contributed by atoms with Crippen molar-refractivity contribution in [3.63, 3.8) is 0 Å². The van der Waals surface area contributed by atoms with Crippen LogP contribution in [0.25, 0.3) is 0 Å². The molecule has 1 unspecified atom stereocenters. The van der Waals surface area contributed by atoms with Crippen molar-refractivity contribution in [2.45, 2.75) is 19.5 Å². The molecule has 0 aliphatic carbocycles. The molecule has 1 amide bonds. The van der Waals surface area contributed by atoms with Gasteiger partial charge in [0.2, 0.25) is 0 Å². The molecule has 3 nitrogen and oxygen atoms in total. The van der Waals surface area contributed by atoms with Crippen LogP contribution in [0.15, 0.2) is 42.5 Å². The van der Waals surface area contributed by atoms with Crippen LogP contribution in [0, 0.1) is 5.82 Å². The van der Waals surface area contributed by atoms with E-state index >= 15 is 0 Å². The maximum atomic E-state index is 14.3. The number of halogens is 2. The number of nitrogens with one attached hydrogen (secondary N) is 1. The van der Waals surface area contributed by atoms with Crippen LogP contribution in [0.4, 0.5) is 10.1 Å². The highest BCUT2D eigenvalue weighted by molar-refractivity contribution is 6.31. The summed E-state index contributed by atoms with van der Waals surface area (Å²) in [6, 6.07) is 11.8. The van der Waals surface area contributed by atoms with Gasteiger partial charge in [-0.3, -0.25) is 4.79 Å². The third-order valence-electron chi connectivity index (χ3n) is 3.76. The van der Waals surface area contributed by atoms with Crippen molar-refractivity contribution in [2.75, 3.05) is 11.9 Å². The molecule has 1 atom stereocenters. The summed E-state index contributed by atoms with van der Waals surface area (Å²) in [5.74, 6) is -0.529. The van der Waals surface area contributed by atoms with Gasteiger partial charge in [-0.1, -0.05) is 36.7 Å². The smallest absolute Gasteiger partial charge is 0.257 e. The zero-order valence-corrected chi connectivity index (χ0v) is 12.9. The summed E-state index contributed by atoms with van der Waals surface area (Å²) in [4.78, 5) is 14.4. The molecular formula is C17H16ClFN2O. The number of hydrogen-bond donors (Lipinski definition) is 1. The molecule has 0 radical (unpaired) electrons. The van der Waals surface area contributed by atoms with Crippen LogP contribution < -0.4 is 5.32 Å². The molecule has 1 aliphatic heterocycles. The lowest BCUT2D eigenvalue weighted by Crippen LogP contribution is -2.43. The summed E-state index contributed by atoms with van der Waals surface area (Å²) < 4.78 is 14.3. The molecule has 114 valence electrons. The van der Waals surface area contributed by atoms with Crippen molar-refractivity contribution in [3.8, 4) is 0 Å². The van der Waals surface area contributed by atoms with Crippen LogP contribution in [-0.2, 0) is 0 Å². The molecule has 1 N–H and O–H groups in total. The Labute approximate surface area is 133 Å². The third kappa shape index (κ3) is 2.44. The Morgan fingerprint density at radius 2 is 2.00 bits per heavy atom. The zero-order chi connectivity index (χ0) is 15.7. The summed E-state index contributed by atoms with van der Waals surface area (Å²) in [5.41, 5.74) is 1.60. The maximum absolute atomic E-state index is 14.3. The molecule has 0 fully saturated rings. The molecule has 0 spiro atoms. The molecule has 0 bridgehead atoms. The maximum Gasteiger partial charge on any atom is 0.257 e. The zero-order valence-electron chi connectivity index (χ0n) is 12.1. The second-order valence-corrected chi connectivity index (χ2v) is 5.63. The molecular weight excluding hydrogens is 303 g/mol. The highest BCUT2D eigenvalue weighted by Crippen LogP contribution is 2.36. The third-order valence-corrected chi connectivity index (χ3v) is 4.09. The first-order valence-corrected chi connectivity index (χ1v) is 7.61. The van der Waals surface area contributed by atoms with Crippen LogP contribution in [0.1, 0.15) is 35.4 Å². The molecule has 2 aromatic rings. The summed E-state index contributed by atoms with van der Waals surface area (Å²) in [6.45, 7) is 2.50. The van der Waals surface area contributed by atoms with Crippen molar-refractivity contribution in [1.82, 2.24) is 4.90 Å². The first kappa shape index (κ1) is 14.9. The second-order valence-electron chi connectivity index (χ2n) is 5.23. The number of carbonyl (C=O) groups is 1. The molecule has 5 heteroatoms. The highest BCUT2D eigenvalue weighted by atomic mass is 35.5. The van der Waals surface area contributed by atoms with Crippen molar-refractivity contribution in [1.29, 1.82) is 0 Å². The van der Waals surface area contributed by atoms with E-state index in [1.165, 1.54) is 6.07 Å². The monoisotopic (exact) mass is 318 g/mol. The average molecular weight is 319 g/mol. The predicted octanol–water partition coefficient (Wildman–Crippen LogP) is 4.46.